The van der Waals surface area contributed by atoms with Crippen LogP contribution in [0, 0.1) is 0 Å². The summed E-state index contributed by atoms with van der Waals surface area (Å²) in [6, 6.07) is 0. The minimum atomic E-state index is -0.371. The van der Waals surface area contributed by atoms with Crippen LogP contribution < -0.4 is 5.73 Å². The van der Waals surface area contributed by atoms with Gasteiger partial charge in [-0.25, -0.2) is 0 Å². The molecule has 0 fully saturated rings. The fourth-order valence-electron chi connectivity index (χ4n) is 0.676. The van der Waals surface area contributed by atoms with Gasteiger partial charge in [0.25, 0.3) is 0 Å². The van der Waals surface area contributed by atoms with Gasteiger partial charge in [0, 0.05) is 0 Å². The van der Waals surface area contributed by atoms with Gasteiger partial charge < -0.3 is 5.73 Å². The molecule has 0 aliphatic carbocycles. The fraction of sp³-hybridized carbons (Fsp3) is 0.444. The highest BCUT2D eigenvalue weighted by molar-refractivity contribution is 5.85. The maximum Gasteiger partial charge on any atom is 0.241 e. The number of hydrogen-bond acceptors (Lipinski definition) is 1. The zero-order chi connectivity index (χ0) is 8.53. The summed E-state index contributed by atoms with van der Waals surface area (Å²) in [5.41, 5.74) is 4.89. The van der Waals surface area contributed by atoms with Gasteiger partial charge in [-0.1, -0.05) is 25.2 Å². The largest absolute Gasteiger partial charge is 0.366 e. The molecule has 0 aromatic carbocycles. The molecular weight excluding hydrogens is 138 g/mol. The molecule has 0 unspecified atom stereocenters. The first-order valence-electron chi connectivity index (χ1n) is 3.88. The van der Waals surface area contributed by atoms with E-state index in [1.807, 2.05) is 0 Å². The molecule has 2 nitrogen and oxygen atoms in total. The van der Waals surface area contributed by atoms with Crippen molar-refractivity contribution in [2.75, 3.05) is 0 Å². The second-order valence-electron chi connectivity index (χ2n) is 2.26. The number of amides is 1. The van der Waals surface area contributed by atoms with Crippen molar-refractivity contribution in [2.45, 2.75) is 26.2 Å². The summed E-state index contributed by atoms with van der Waals surface area (Å²) in [5, 5.41) is 0. The van der Waals surface area contributed by atoms with Gasteiger partial charge in [0.15, 0.2) is 0 Å². The maximum absolute atomic E-state index is 10.2. The van der Waals surface area contributed by atoms with Crippen molar-refractivity contribution in [3.05, 3.63) is 24.3 Å². The van der Waals surface area contributed by atoms with Crippen molar-refractivity contribution in [1.82, 2.24) is 0 Å². The average Bonchev–Trinajstić information content (AvgIpc) is 1.96. The number of rotatable bonds is 5. The van der Waals surface area contributed by atoms with E-state index in [1.165, 1.54) is 6.08 Å². The normalized spacial score (nSPS) is 11.4. The molecule has 0 heterocycles. The van der Waals surface area contributed by atoms with Crippen LogP contribution in [0.2, 0.25) is 0 Å². The SMILES string of the molecule is CCC=CCC/C=C/C(N)=O. The maximum atomic E-state index is 10.2. The van der Waals surface area contributed by atoms with E-state index >= 15 is 0 Å². The van der Waals surface area contributed by atoms with Gasteiger partial charge in [0.2, 0.25) is 5.91 Å². The predicted molar refractivity (Wildman–Crippen MR) is 47.0 cm³/mol. The van der Waals surface area contributed by atoms with Gasteiger partial charge in [0.1, 0.15) is 0 Å². The topological polar surface area (TPSA) is 43.1 Å². The van der Waals surface area contributed by atoms with Crippen LogP contribution in [0.3, 0.4) is 0 Å². The summed E-state index contributed by atoms with van der Waals surface area (Å²) in [6.07, 6.45) is 10.3. The number of primary amides is 1. The Morgan fingerprint density at radius 3 is 2.45 bits per heavy atom. The Morgan fingerprint density at radius 1 is 1.27 bits per heavy atom. The molecule has 1 amide bonds. The van der Waals surface area contributed by atoms with E-state index in [9.17, 15) is 4.79 Å². The molecule has 0 rings (SSSR count). The summed E-state index contributed by atoms with van der Waals surface area (Å²) in [4.78, 5) is 10.2. The Morgan fingerprint density at radius 2 is 1.91 bits per heavy atom. The second kappa shape index (κ2) is 7.06. The quantitative estimate of drug-likeness (QED) is 0.365. The smallest absolute Gasteiger partial charge is 0.241 e. The number of allylic oxidation sites excluding steroid dienone is 3. The molecule has 0 saturated carbocycles. The zero-order valence-corrected chi connectivity index (χ0v) is 6.92. The second-order valence-corrected chi connectivity index (χ2v) is 2.26. The molecule has 0 bridgehead atoms. The van der Waals surface area contributed by atoms with E-state index in [-0.39, 0.29) is 5.91 Å². The molecule has 0 atom stereocenters. The fourth-order valence-corrected chi connectivity index (χ4v) is 0.676. The van der Waals surface area contributed by atoms with Crippen LogP contribution in [0.25, 0.3) is 0 Å². The van der Waals surface area contributed by atoms with Gasteiger partial charge in [-0.3, -0.25) is 4.79 Å². The summed E-state index contributed by atoms with van der Waals surface area (Å²) < 4.78 is 0. The Hall–Kier alpha value is -1.05. The molecule has 0 aliphatic heterocycles. The lowest BCUT2D eigenvalue weighted by atomic mass is 10.2. The van der Waals surface area contributed by atoms with Crippen molar-refractivity contribution < 1.29 is 4.79 Å². The molecule has 0 aliphatic rings. The number of carbonyl (C=O) groups is 1. The predicted octanol–water partition coefficient (Wildman–Crippen LogP) is 1.77. The molecule has 0 aromatic rings. The molecule has 0 radical (unpaired) electrons. The molecule has 11 heavy (non-hydrogen) atoms. The van der Waals surface area contributed by atoms with Gasteiger partial charge in [-0.05, 0) is 25.3 Å². The minimum Gasteiger partial charge on any atom is -0.366 e. The highest BCUT2D eigenvalue weighted by atomic mass is 16.1. The minimum absolute atomic E-state index is 0.371. The van der Waals surface area contributed by atoms with Crippen LogP contribution in [0.4, 0.5) is 0 Å². The van der Waals surface area contributed by atoms with E-state index < -0.39 is 0 Å². The Bertz CT molecular complexity index is 159. The Balaban J connectivity index is 3.27. The summed E-state index contributed by atoms with van der Waals surface area (Å²) >= 11 is 0. The van der Waals surface area contributed by atoms with Crippen molar-refractivity contribution in [1.29, 1.82) is 0 Å². The third-order valence-corrected chi connectivity index (χ3v) is 1.18. The lowest BCUT2D eigenvalue weighted by Gasteiger charge is -1.84. The monoisotopic (exact) mass is 153 g/mol. The molecule has 0 saturated heterocycles. The van der Waals surface area contributed by atoms with Crippen molar-refractivity contribution in [2.24, 2.45) is 5.73 Å². The number of carbonyl (C=O) groups excluding carboxylic acids is 1. The molecule has 0 aromatic heterocycles. The van der Waals surface area contributed by atoms with Gasteiger partial charge in [-0.2, -0.15) is 0 Å². The highest BCUT2D eigenvalue weighted by Gasteiger charge is 1.80. The lowest BCUT2D eigenvalue weighted by molar-refractivity contribution is -0.113. The first kappa shape index (κ1) is 9.95. The van der Waals surface area contributed by atoms with Crippen LogP contribution in [0.1, 0.15) is 26.2 Å². The standard InChI is InChI=1S/C9H15NO/c1-2-3-4-5-6-7-8-9(10)11/h3-4,7-8H,2,5-6H2,1H3,(H2,10,11)/b4-3?,8-7+. The van der Waals surface area contributed by atoms with Crippen LogP contribution in [-0.4, -0.2) is 5.91 Å². The van der Waals surface area contributed by atoms with Crippen LogP contribution >= 0.6 is 0 Å². The summed E-state index contributed by atoms with van der Waals surface area (Å²) in [6.45, 7) is 2.09. The molecule has 62 valence electrons. The molecular formula is C9H15NO. The van der Waals surface area contributed by atoms with E-state index in [0.29, 0.717) is 0 Å². The average molecular weight is 153 g/mol. The van der Waals surface area contributed by atoms with Gasteiger partial charge in [0.05, 0.1) is 0 Å². The number of hydrogen-bond donors (Lipinski definition) is 1. The van der Waals surface area contributed by atoms with Gasteiger partial charge >= 0.3 is 0 Å². The van der Waals surface area contributed by atoms with Crippen LogP contribution in [0.5, 0.6) is 0 Å². The van der Waals surface area contributed by atoms with E-state index in [2.05, 4.69) is 19.1 Å². The third-order valence-electron chi connectivity index (χ3n) is 1.18. The van der Waals surface area contributed by atoms with Crippen LogP contribution in [0.15, 0.2) is 24.3 Å². The molecule has 2 heteroatoms. The van der Waals surface area contributed by atoms with E-state index in [1.54, 1.807) is 6.08 Å². The summed E-state index contributed by atoms with van der Waals surface area (Å²) in [7, 11) is 0. The Labute approximate surface area is 67.8 Å². The molecule has 0 spiro atoms. The van der Waals surface area contributed by atoms with Crippen molar-refractivity contribution in [3.8, 4) is 0 Å². The van der Waals surface area contributed by atoms with Crippen LogP contribution in [-0.2, 0) is 4.79 Å². The van der Waals surface area contributed by atoms with E-state index in [0.717, 1.165) is 19.3 Å². The summed E-state index contributed by atoms with van der Waals surface area (Å²) in [5.74, 6) is -0.371. The first-order chi connectivity index (χ1) is 5.27. The highest BCUT2D eigenvalue weighted by Crippen LogP contribution is 1.93. The lowest BCUT2D eigenvalue weighted by Crippen LogP contribution is -2.05. The van der Waals surface area contributed by atoms with Crippen molar-refractivity contribution in [3.63, 3.8) is 0 Å². The third kappa shape index (κ3) is 8.95. The van der Waals surface area contributed by atoms with Crippen molar-refractivity contribution >= 4 is 5.91 Å². The molecule has 2 N–H and O–H groups in total. The van der Waals surface area contributed by atoms with E-state index in [4.69, 9.17) is 5.73 Å². The van der Waals surface area contributed by atoms with Gasteiger partial charge in [-0.15, -0.1) is 0 Å². The Kier molecular flexibility index (Phi) is 6.39. The number of nitrogens with two attached hydrogens (primary N) is 1. The first-order valence-corrected chi connectivity index (χ1v) is 3.88. The number of unbranched alkanes of at least 4 members (excludes halogenated alkanes) is 1. The zero-order valence-electron chi connectivity index (χ0n) is 6.92.